The summed E-state index contributed by atoms with van der Waals surface area (Å²) in [5.74, 6) is 0. The molecule has 1 heterocycles. The van der Waals surface area contributed by atoms with Crippen molar-refractivity contribution in [1.29, 1.82) is 0 Å². The molecule has 0 aliphatic carbocycles. The Hall–Kier alpha value is -1.57. The zero-order valence-corrected chi connectivity index (χ0v) is 6.50. The summed E-state index contributed by atoms with van der Waals surface area (Å²) < 4.78 is 0. The average molecular weight is 158 g/mol. The van der Waals surface area contributed by atoms with E-state index < -0.39 is 0 Å². The monoisotopic (exact) mass is 158 g/mol. The van der Waals surface area contributed by atoms with Crippen LogP contribution in [0.15, 0.2) is 24.3 Å². The summed E-state index contributed by atoms with van der Waals surface area (Å²) in [5.41, 5.74) is 2.74. The molecule has 1 aromatic rings. The van der Waals surface area contributed by atoms with Crippen molar-refractivity contribution in [2.45, 2.75) is 0 Å². The molecule has 1 radical (unpaired) electrons. The molecule has 1 aliphatic rings. The second-order valence-corrected chi connectivity index (χ2v) is 2.69. The molecule has 0 atom stereocenters. The number of rotatable bonds is 1. The van der Waals surface area contributed by atoms with Crippen molar-refractivity contribution in [1.82, 2.24) is 0 Å². The molecule has 1 N–H and O–H groups in total. The SMILES string of the molecule is O=[C]c1ccc2c(c1)C=CCN2. The summed E-state index contributed by atoms with van der Waals surface area (Å²) in [6.45, 7) is 0.858. The standard InChI is InChI=1S/C10H8NO/c12-7-8-3-4-10-9(6-8)2-1-5-11-10/h1-4,6,11H,5H2. The maximum atomic E-state index is 10.3. The molecule has 59 valence electrons. The summed E-state index contributed by atoms with van der Waals surface area (Å²) in [6.07, 6.45) is 5.90. The van der Waals surface area contributed by atoms with Crippen LogP contribution in [0.1, 0.15) is 11.1 Å². The van der Waals surface area contributed by atoms with Crippen LogP contribution in [0, 0.1) is 0 Å². The van der Waals surface area contributed by atoms with Crippen LogP contribution in [0.3, 0.4) is 0 Å². The van der Waals surface area contributed by atoms with Crippen LogP contribution in [0.4, 0.5) is 5.69 Å². The number of hydrogen-bond acceptors (Lipinski definition) is 2. The lowest BCUT2D eigenvalue weighted by molar-refractivity contribution is 0.563. The Morgan fingerprint density at radius 1 is 1.42 bits per heavy atom. The van der Waals surface area contributed by atoms with Crippen LogP contribution >= 0.6 is 0 Å². The smallest absolute Gasteiger partial charge is 0.233 e. The van der Waals surface area contributed by atoms with E-state index in [0.717, 1.165) is 17.8 Å². The lowest BCUT2D eigenvalue weighted by atomic mass is 10.1. The molecule has 2 heteroatoms. The summed E-state index contributed by atoms with van der Waals surface area (Å²) in [6, 6.07) is 5.49. The Labute approximate surface area is 70.9 Å². The van der Waals surface area contributed by atoms with Gasteiger partial charge in [-0.25, -0.2) is 0 Å². The zero-order chi connectivity index (χ0) is 8.39. The molecule has 0 saturated heterocycles. The highest BCUT2D eigenvalue weighted by Gasteiger charge is 2.03. The van der Waals surface area contributed by atoms with E-state index >= 15 is 0 Å². The van der Waals surface area contributed by atoms with Crippen LogP contribution in [-0.4, -0.2) is 12.8 Å². The predicted octanol–water partition coefficient (Wildman–Crippen LogP) is 1.58. The molecule has 0 aromatic heterocycles. The van der Waals surface area contributed by atoms with Gasteiger partial charge in [-0.2, -0.15) is 0 Å². The third-order valence-electron chi connectivity index (χ3n) is 1.88. The Morgan fingerprint density at radius 3 is 3.17 bits per heavy atom. The normalized spacial score (nSPS) is 13.3. The Morgan fingerprint density at radius 2 is 2.33 bits per heavy atom. The topological polar surface area (TPSA) is 29.1 Å². The lowest BCUT2D eigenvalue weighted by Gasteiger charge is -2.12. The third-order valence-corrected chi connectivity index (χ3v) is 1.88. The number of benzene rings is 1. The number of fused-ring (bicyclic) bond motifs is 1. The molecule has 0 spiro atoms. The largest absolute Gasteiger partial charge is 0.381 e. The Balaban J connectivity index is 2.51. The van der Waals surface area contributed by atoms with Crippen LogP contribution < -0.4 is 5.32 Å². The van der Waals surface area contributed by atoms with Crippen LogP contribution in [-0.2, 0) is 4.79 Å². The maximum Gasteiger partial charge on any atom is 0.233 e. The molecule has 1 aromatic carbocycles. The Kier molecular flexibility index (Phi) is 1.67. The van der Waals surface area contributed by atoms with Gasteiger partial charge in [-0.15, -0.1) is 0 Å². The van der Waals surface area contributed by atoms with Crippen LogP contribution in [0.5, 0.6) is 0 Å². The van der Waals surface area contributed by atoms with Crippen LogP contribution in [0.25, 0.3) is 6.08 Å². The highest BCUT2D eigenvalue weighted by Crippen LogP contribution is 2.20. The van der Waals surface area contributed by atoms with E-state index in [4.69, 9.17) is 0 Å². The van der Waals surface area contributed by atoms with Crippen molar-refractivity contribution < 1.29 is 4.79 Å². The average Bonchev–Trinajstić information content (AvgIpc) is 2.17. The van der Waals surface area contributed by atoms with Gasteiger partial charge in [0.05, 0.1) is 0 Å². The number of carbonyl (C=O) groups excluding carboxylic acids is 1. The molecule has 2 nitrogen and oxygen atoms in total. The fourth-order valence-corrected chi connectivity index (χ4v) is 1.28. The summed E-state index contributed by atoms with van der Waals surface area (Å²) >= 11 is 0. The van der Waals surface area contributed by atoms with Crippen molar-refractivity contribution in [3.63, 3.8) is 0 Å². The van der Waals surface area contributed by atoms with E-state index in [-0.39, 0.29) is 0 Å². The first-order chi connectivity index (χ1) is 5.90. The molecule has 2 rings (SSSR count). The molecule has 0 amide bonds. The minimum absolute atomic E-state index is 0.599. The number of anilines is 1. The third kappa shape index (κ3) is 1.11. The van der Waals surface area contributed by atoms with Gasteiger partial charge in [-0.05, 0) is 23.8 Å². The molecule has 1 aliphatic heterocycles. The first-order valence-electron chi connectivity index (χ1n) is 3.83. The van der Waals surface area contributed by atoms with E-state index in [0.29, 0.717) is 5.56 Å². The molecular weight excluding hydrogens is 150 g/mol. The van der Waals surface area contributed by atoms with Crippen LogP contribution in [0.2, 0.25) is 0 Å². The van der Waals surface area contributed by atoms with Crippen molar-refractivity contribution in [3.05, 3.63) is 35.4 Å². The van der Waals surface area contributed by atoms with Gasteiger partial charge >= 0.3 is 0 Å². The van der Waals surface area contributed by atoms with Crippen molar-refractivity contribution >= 4 is 18.0 Å². The fraction of sp³-hybridized carbons (Fsp3) is 0.100. The van der Waals surface area contributed by atoms with Gasteiger partial charge in [0.15, 0.2) is 0 Å². The van der Waals surface area contributed by atoms with E-state index in [1.54, 1.807) is 6.07 Å². The highest BCUT2D eigenvalue weighted by molar-refractivity contribution is 5.81. The molecule has 0 unspecified atom stereocenters. The van der Waals surface area contributed by atoms with E-state index in [9.17, 15) is 4.79 Å². The first-order valence-corrected chi connectivity index (χ1v) is 3.83. The van der Waals surface area contributed by atoms with E-state index in [2.05, 4.69) is 5.32 Å². The van der Waals surface area contributed by atoms with Gasteiger partial charge in [0.1, 0.15) is 0 Å². The van der Waals surface area contributed by atoms with Gasteiger partial charge in [-0.1, -0.05) is 12.2 Å². The van der Waals surface area contributed by atoms with Gasteiger partial charge in [0.25, 0.3) is 0 Å². The Bertz CT molecular complexity index is 342. The van der Waals surface area contributed by atoms with E-state index in [1.165, 1.54) is 0 Å². The molecule has 0 fully saturated rings. The van der Waals surface area contributed by atoms with Gasteiger partial charge in [0.2, 0.25) is 6.29 Å². The number of hydrogen-bond donors (Lipinski definition) is 1. The second kappa shape index (κ2) is 2.81. The van der Waals surface area contributed by atoms with Gasteiger partial charge in [0, 0.05) is 17.8 Å². The molecule has 0 saturated carbocycles. The van der Waals surface area contributed by atoms with Crippen molar-refractivity contribution in [2.75, 3.05) is 11.9 Å². The van der Waals surface area contributed by atoms with E-state index in [1.807, 2.05) is 30.6 Å². The fourth-order valence-electron chi connectivity index (χ4n) is 1.28. The van der Waals surface area contributed by atoms with Gasteiger partial charge < -0.3 is 5.32 Å². The zero-order valence-electron chi connectivity index (χ0n) is 6.50. The first kappa shape index (κ1) is 7.10. The highest BCUT2D eigenvalue weighted by atomic mass is 16.1. The molecular formula is C10H8NO. The lowest BCUT2D eigenvalue weighted by Crippen LogP contribution is -2.04. The van der Waals surface area contributed by atoms with Crippen molar-refractivity contribution in [2.24, 2.45) is 0 Å². The number of nitrogens with one attached hydrogen (secondary N) is 1. The minimum atomic E-state index is 0.599. The molecule has 12 heavy (non-hydrogen) atoms. The maximum absolute atomic E-state index is 10.3. The summed E-state index contributed by atoms with van der Waals surface area (Å²) in [7, 11) is 0. The molecule has 0 bridgehead atoms. The summed E-state index contributed by atoms with van der Waals surface area (Å²) in [4.78, 5) is 10.3. The van der Waals surface area contributed by atoms with Gasteiger partial charge in [-0.3, -0.25) is 4.79 Å². The minimum Gasteiger partial charge on any atom is -0.381 e. The quantitative estimate of drug-likeness (QED) is 0.672. The predicted molar refractivity (Wildman–Crippen MR) is 48.8 cm³/mol. The van der Waals surface area contributed by atoms with Crippen molar-refractivity contribution in [3.8, 4) is 0 Å². The second-order valence-electron chi connectivity index (χ2n) is 2.69. The summed E-state index contributed by atoms with van der Waals surface area (Å²) in [5, 5.41) is 3.20.